The third-order valence-corrected chi connectivity index (χ3v) is 4.29. The Balaban J connectivity index is 2.06. The van der Waals surface area contributed by atoms with Crippen molar-refractivity contribution >= 4 is 46.3 Å². The summed E-state index contributed by atoms with van der Waals surface area (Å²) in [5.74, 6) is -2.94. The van der Waals surface area contributed by atoms with Gasteiger partial charge in [-0.2, -0.15) is 13.2 Å². The number of carbonyl (C=O) groups excluding carboxylic acids is 2. The monoisotopic (exact) mass is 401 g/mol. The molecule has 4 nitrogen and oxygen atoms in total. The van der Waals surface area contributed by atoms with E-state index in [9.17, 15) is 27.9 Å². The fourth-order valence-corrected chi connectivity index (χ4v) is 2.85. The van der Waals surface area contributed by atoms with Crippen LogP contribution in [0.3, 0.4) is 0 Å². The van der Waals surface area contributed by atoms with Gasteiger partial charge in [0, 0.05) is 5.02 Å². The number of alkyl halides is 3. The zero-order valence-electron chi connectivity index (χ0n) is 12.6. The number of aliphatic hydroxyl groups is 1. The maximum absolute atomic E-state index is 13.0. The second-order valence-corrected chi connectivity index (χ2v) is 6.18. The third kappa shape index (κ3) is 3.04. The number of benzene rings is 2. The van der Waals surface area contributed by atoms with Crippen molar-refractivity contribution < 1.29 is 27.9 Å². The van der Waals surface area contributed by atoms with Crippen molar-refractivity contribution in [2.75, 3.05) is 4.90 Å². The Bertz CT molecular complexity index is 953. The third-order valence-electron chi connectivity index (χ3n) is 3.71. The zero-order chi connectivity index (χ0) is 19.2. The smallest absolute Gasteiger partial charge is 0.417 e. The van der Waals surface area contributed by atoms with E-state index in [2.05, 4.69) is 0 Å². The molecule has 0 radical (unpaired) electrons. The van der Waals surface area contributed by atoms with Gasteiger partial charge < -0.3 is 5.11 Å². The summed E-state index contributed by atoms with van der Waals surface area (Å²) in [7, 11) is 0. The minimum Gasteiger partial charge on any atom is -0.502 e. The number of imide groups is 1. The molecule has 3 rings (SSSR count). The fourth-order valence-electron chi connectivity index (χ4n) is 2.50. The van der Waals surface area contributed by atoms with E-state index in [1.807, 2.05) is 0 Å². The van der Waals surface area contributed by atoms with Gasteiger partial charge in [0.05, 0.1) is 21.8 Å². The van der Waals surface area contributed by atoms with Gasteiger partial charge in [0.25, 0.3) is 5.91 Å². The van der Waals surface area contributed by atoms with Crippen molar-refractivity contribution in [3.63, 3.8) is 0 Å². The van der Waals surface area contributed by atoms with Crippen LogP contribution in [0, 0.1) is 0 Å². The van der Waals surface area contributed by atoms with Crippen LogP contribution in [0.4, 0.5) is 18.9 Å². The van der Waals surface area contributed by atoms with Gasteiger partial charge in [-0.25, -0.2) is 4.90 Å². The number of nitrogens with zero attached hydrogens (tertiary/aromatic N) is 1. The molecular weight excluding hydrogens is 394 g/mol. The molecule has 1 N–H and O–H groups in total. The second kappa shape index (κ2) is 6.34. The van der Waals surface area contributed by atoms with Gasteiger partial charge in [0.2, 0.25) is 0 Å². The van der Waals surface area contributed by atoms with Crippen LogP contribution in [0.2, 0.25) is 10.0 Å². The first-order valence-corrected chi connectivity index (χ1v) is 7.81. The number of amides is 2. The molecule has 0 bridgehead atoms. The van der Waals surface area contributed by atoms with Gasteiger partial charge in [-0.15, -0.1) is 0 Å². The lowest BCUT2D eigenvalue weighted by Crippen LogP contribution is -2.31. The van der Waals surface area contributed by atoms with Gasteiger partial charge in [-0.3, -0.25) is 9.59 Å². The highest BCUT2D eigenvalue weighted by Gasteiger charge is 2.41. The standard InChI is InChI=1S/C17H8Cl2F3NO3/c18-9-3-1-8(2-4-9)13-14(24)16(26)23(15(13)25)10-5-6-12(19)11(7-10)17(20,21)22/h1-7,24H. The van der Waals surface area contributed by atoms with Gasteiger partial charge in [0.1, 0.15) is 0 Å². The molecule has 0 atom stereocenters. The lowest BCUT2D eigenvalue weighted by atomic mass is 10.1. The predicted octanol–water partition coefficient (Wildman–Crippen LogP) is 4.85. The van der Waals surface area contributed by atoms with Gasteiger partial charge >= 0.3 is 12.1 Å². The van der Waals surface area contributed by atoms with Crippen molar-refractivity contribution in [3.05, 3.63) is 69.4 Å². The number of halogens is 5. The molecule has 2 amide bonds. The van der Waals surface area contributed by atoms with Gasteiger partial charge in [-0.1, -0.05) is 35.3 Å². The van der Waals surface area contributed by atoms with Crippen LogP contribution in [-0.4, -0.2) is 16.9 Å². The second-order valence-electron chi connectivity index (χ2n) is 5.34. The topological polar surface area (TPSA) is 57.6 Å². The Morgan fingerprint density at radius 3 is 2.12 bits per heavy atom. The van der Waals surface area contributed by atoms with Crippen LogP contribution in [0.15, 0.2) is 48.2 Å². The number of hydrogen-bond donors (Lipinski definition) is 1. The molecular formula is C17H8Cl2F3NO3. The van der Waals surface area contributed by atoms with Crippen molar-refractivity contribution in [2.45, 2.75) is 6.18 Å². The number of carbonyl (C=O) groups is 2. The van der Waals surface area contributed by atoms with Crippen LogP contribution in [0.1, 0.15) is 11.1 Å². The molecule has 0 unspecified atom stereocenters. The number of hydrogen-bond acceptors (Lipinski definition) is 3. The van der Waals surface area contributed by atoms with Crippen molar-refractivity contribution in [2.24, 2.45) is 0 Å². The Labute approximate surface area is 155 Å². The van der Waals surface area contributed by atoms with E-state index in [1.165, 1.54) is 24.3 Å². The lowest BCUT2D eigenvalue weighted by Gasteiger charge is -2.17. The highest BCUT2D eigenvalue weighted by Crippen LogP contribution is 2.39. The Morgan fingerprint density at radius 2 is 1.54 bits per heavy atom. The van der Waals surface area contributed by atoms with Crippen molar-refractivity contribution in [1.29, 1.82) is 0 Å². The number of aliphatic hydroxyl groups excluding tert-OH is 1. The van der Waals surface area contributed by atoms with E-state index in [4.69, 9.17) is 23.2 Å². The Morgan fingerprint density at radius 1 is 0.923 bits per heavy atom. The number of rotatable bonds is 2. The van der Waals surface area contributed by atoms with Crippen molar-refractivity contribution in [1.82, 2.24) is 0 Å². The molecule has 134 valence electrons. The SMILES string of the molecule is O=C1C(O)=C(c2ccc(Cl)cc2)C(=O)N1c1ccc(Cl)c(C(F)(F)F)c1. The Kier molecular flexibility index (Phi) is 4.46. The molecule has 1 heterocycles. The summed E-state index contributed by atoms with van der Waals surface area (Å²) >= 11 is 11.3. The number of anilines is 1. The maximum Gasteiger partial charge on any atom is 0.417 e. The molecule has 0 aromatic heterocycles. The van der Waals surface area contributed by atoms with Crippen LogP contribution >= 0.6 is 23.2 Å². The van der Waals surface area contributed by atoms with E-state index in [1.54, 1.807) is 0 Å². The summed E-state index contributed by atoms with van der Waals surface area (Å²) in [4.78, 5) is 25.3. The van der Waals surface area contributed by atoms with E-state index in [0.717, 1.165) is 12.1 Å². The fraction of sp³-hybridized carbons (Fsp3) is 0.0588. The zero-order valence-corrected chi connectivity index (χ0v) is 14.2. The van der Waals surface area contributed by atoms with Crippen molar-refractivity contribution in [3.8, 4) is 0 Å². The molecule has 2 aromatic rings. The summed E-state index contributed by atoms with van der Waals surface area (Å²) in [6.45, 7) is 0. The van der Waals surface area contributed by atoms with Gasteiger partial charge in [-0.05, 0) is 35.9 Å². The highest BCUT2D eigenvalue weighted by molar-refractivity contribution is 6.45. The quantitative estimate of drug-likeness (QED) is 0.731. The summed E-state index contributed by atoms with van der Waals surface area (Å²) in [6.07, 6.45) is -4.77. The first kappa shape index (κ1) is 18.3. The molecule has 0 spiro atoms. The molecule has 1 aliphatic heterocycles. The average molecular weight is 402 g/mol. The minimum atomic E-state index is -4.77. The molecule has 2 aromatic carbocycles. The Hall–Kier alpha value is -2.51. The minimum absolute atomic E-state index is 0.206. The molecule has 0 saturated carbocycles. The summed E-state index contributed by atoms with van der Waals surface area (Å²) in [6, 6.07) is 8.31. The normalized spacial score (nSPS) is 15.2. The summed E-state index contributed by atoms with van der Waals surface area (Å²) < 4.78 is 39.1. The first-order valence-electron chi connectivity index (χ1n) is 7.06. The largest absolute Gasteiger partial charge is 0.502 e. The van der Waals surface area contributed by atoms with Gasteiger partial charge in [0.15, 0.2) is 5.76 Å². The van der Waals surface area contributed by atoms with Crippen LogP contribution in [0.25, 0.3) is 5.57 Å². The molecule has 0 aliphatic carbocycles. The van der Waals surface area contributed by atoms with E-state index < -0.39 is 34.3 Å². The van der Waals surface area contributed by atoms with Crippen LogP contribution in [0.5, 0.6) is 0 Å². The van der Waals surface area contributed by atoms with E-state index >= 15 is 0 Å². The van der Waals surface area contributed by atoms with Crippen LogP contribution < -0.4 is 4.90 Å². The van der Waals surface area contributed by atoms with Crippen LogP contribution in [-0.2, 0) is 15.8 Å². The van der Waals surface area contributed by atoms with E-state index in [0.29, 0.717) is 16.0 Å². The maximum atomic E-state index is 13.0. The molecule has 1 aliphatic rings. The molecule has 26 heavy (non-hydrogen) atoms. The van der Waals surface area contributed by atoms with E-state index in [-0.39, 0.29) is 16.8 Å². The molecule has 0 fully saturated rings. The molecule has 9 heteroatoms. The average Bonchev–Trinajstić information content (AvgIpc) is 2.78. The summed E-state index contributed by atoms with van der Waals surface area (Å²) in [5, 5.41) is 9.85. The highest BCUT2D eigenvalue weighted by atomic mass is 35.5. The molecule has 0 saturated heterocycles. The first-order chi connectivity index (χ1) is 12.1. The predicted molar refractivity (Wildman–Crippen MR) is 89.9 cm³/mol. The lowest BCUT2D eigenvalue weighted by molar-refractivity contribution is -0.137. The summed E-state index contributed by atoms with van der Waals surface area (Å²) in [5.41, 5.74) is -1.67.